The average molecular weight is 416 g/mol. The second-order valence-corrected chi connectivity index (χ2v) is 9.28. The van der Waals surface area contributed by atoms with Crippen LogP contribution >= 0.6 is 0 Å². The minimum atomic E-state index is -3.49. The normalized spacial score (nSPS) is 16.0. The Labute approximate surface area is 170 Å². The fourth-order valence-corrected chi connectivity index (χ4v) is 5.27. The number of carbonyl (C=O) groups is 1. The summed E-state index contributed by atoms with van der Waals surface area (Å²) in [7, 11) is -3.49. The summed E-state index contributed by atoms with van der Waals surface area (Å²) in [5, 5.41) is 3.62. The number of sulfonamides is 1. The number of hydrogen-bond donors (Lipinski definition) is 1. The van der Waals surface area contributed by atoms with Crippen LogP contribution in [0.3, 0.4) is 0 Å². The molecule has 3 aromatic rings. The molecule has 8 heteroatoms. The van der Waals surface area contributed by atoms with Gasteiger partial charge in [-0.1, -0.05) is 12.8 Å². The molecule has 2 aromatic heterocycles. The first kappa shape index (κ1) is 19.7. The summed E-state index contributed by atoms with van der Waals surface area (Å²) in [5.41, 5.74) is 0.827. The van der Waals surface area contributed by atoms with Crippen LogP contribution in [-0.4, -0.2) is 36.3 Å². The Morgan fingerprint density at radius 1 is 1.07 bits per heavy atom. The van der Waals surface area contributed by atoms with Crippen molar-refractivity contribution in [2.75, 3.05) is 13.1 Å². The standard InChI is InChI=1S/C21H25N3O4S/c25-21(22-15-18-6-5-13-28-18)16-23-12-9-17-14-19(7-8-20(17)23)29(26,27)24-10-3-1-2-4-11-24/h5-9,12-14H,1-4,10-11,15-16H2,(H,22,25). The van der Waals surface area contributed by atoms with Crippen molar-refractivity contribution < 1.29 is 17.6 Å². The van der Waals surface area contributed by atoms with Crippen molar-refractivity contribution >= 4 is 26.8 Å². The highest BCUT2D eigenvalue weighted by atomic mass is 32.2. The van der Waals surface area contributed by atoms with Gasteiger partial charge in [0.05, 0.1) is 17.7 Å². The molecule has 0 aliphatic carbocycles. The molecule has 4 rings (SSSR count). The van der Waals surface area contributed by atoms with Gasteiger partial charge in [-0.2, -0.15) is 4.31 Å². The molecule has 29 heavy (non-hydrogen) atoms. The molecular weight excluding hydrogens is 390 g/mol. The number of nitrogens with one attached hydrogen (secondary N) is 1. The van der Waals surface area contributed by atoms with Crippen molar-refractivity contribution in [1.82, 2.24) is 14.2 Å². The van der Waals surface area contributed by atoms with E-state index < -0.39 is 10.0 Å². The van der Waals surface area contributed by atoms with E-state index in [4.69, 9.17) is 4.42 Å². The van der Waals surface area contributed by atoms with Crippen molar-refractivity contribution in [3.63, 3.8) is 0 Å². The molecule has 1 N–H and O–H groups in total. The lowest BCUT2D eigenvalue weighted by Crippen LogP contribution is -2.31. The fraction of sp³-hybridized carbons (Fsp3) is 0.381. The molecule has 0 spiro atoms. The van der Waals surface area contributed by atoms with Crippen molar-refractivity contribution in [3.8, 4) is 0 Å². The van der Waals surface area contributed by atoms with Crippen LogP contribution in [0.5, 0.6) is 0 Å². The van der Waals surface area contributed by atoms with Crippen LogP contribution in [0.4, 0.5) is 0 Å². The third kappa shape index (κ3) is 4.38. The zero-order valence-electron chi connectivity index (χ0n) is 16.2. The van der Waals surface area contributed by atoms with E-state index in [0.29, 0.717) is 30.3 Å². The Morgan fingerprint density at radius 3 is 2.59 bits per heavy atom. The highest BCUT2D eigenvalue weighted by Crippen LogP contribution is 2.25. The van der Waals surface area contributed by atoms with E-state index in [0.717, 1.165) is 36.6 Å². The van der Waals surface area contributed by atoms with Crippen molar-refractivity contribution in [1.29, 1.82) is 0 Å². The molecule has 0 atom stereocenters. The monoisotopic (exact) mass is 415 g/mol. The second kappa shape index (κ2) is 8.42. The van der Waals surface area contributed by atoms with E-state index in [-0.39, 0.29) is 12.5 Å². The molecule has 3 heterocycles. The number of fused-ring (bicyclic) bond motifs is 1. The molecule has 1 aromatic carbocycles. The number of benzene rings is 1. The summed E-state index contributed by atoms with van der Waals surface area (Å²) in [6, 6.07) is 10.5. The Morgan fingerprint density at radius 2 is 1.86 bits per heavy atom. The van der Waals surface area contributed by atoms with Gasteiger partial charge in [0.2, 0.25) is 15.9 Å². The van der Waals surface area contributed by atoms with E-state index >= 15 is 0 Å². The molecule has 7 nitrogen and oxygen atoms in total. The second-order valence-electron chi connectivity index (χ2n) is 7.34. The maximum absolute atomic E-state index is 13.0. The lowest BCUT2D eigenvalue weighted by molar-refractivity contribution is -0.121. The first-order valence-electron chi connectivity index (χ1n) is 9.92. The van der Waals surface area contributed by atoms with Gasteiger partial charge in [-0.15, -0.1) is 0 Å². The first-order valence-corrected chi connectivity index (χ1v) is 11.4. The molecule has 1 aliphatic rings. The topological polar surface area (TPSA) is 84.5 Å². The molecule has 0 unspecified atom stereocenters. The Hall–Kier alpha value is -2.58. The maximum atomic E-state index is 13.0. The van der Waals surface area contributed by atoms with Crippen molar-refractivity contribution in [3.05, 3.63) is 54.6 Å². The molecule has 1 amide bonds. The Balaban J connectivity index is 1.49. The van der Waals surface area contributed by atoms with Gasteiger partial charge in [0, 0.05) is 30.2 Å². The molecular formula is C21H25N3O4S. The number of furan rings is 1. The van der Waals surface area contributed by atoms with Gasteiger partial charge in [0.15, 0.2) is 0 Å². The van der Waals surface area contributed by atoms with Gasteiger partial charge in [-0.05, 0) is 49.2 Å². The van der Waals surface area contributed by atoms with Crippen LogP contribution in [0.15, 0.2) is 58.2 Å². The number of aromatic nitrogens is 1. The number of amides is 1. The van der Waals surface area contributed by atoms with Gasteiger partial charge >= 0.3 is 0 Å². The summed E-state index contributed by atoms with van der Waals surface area (Å²) in [5.74, 6) is 0.555. The smallest absolute Gasteiger partial charge is 0.243 e. The zero-order valence-corrected chi connectivity index (χ0v) is 17.0. The number of rotatable bonds is 6. The Kier molecular flexibility index (Phi) is 5.73. The lowest BCUT2D eigenvalue weighted by Gasteiger charge is -2.20. The van der Waals surface area contributed by atoms with Crippen LogP contribution in [0.2, 0.25) is 0 Å². The van der Waals surface area contributed by atoms with E-state index in [1.54, 1.807) is 47.1 Å². The van der Waals surface area contributed by atoms with E-state index in [1.807, 2.05) is 10.6 Å². The van der Waals surface area contributed by atoms with Gasteiger partial charge in [0.1, 0.15) is 12.3 Å². The first-order chi connectivity index (χ1) is 14.0. The number of carbonyl (C=O) groups excluding carboxylic acids is 1. The third-order valence-electron chi connectivity index (χ3n) is 5.30. The number of nitrogens with zero attached hydrogens (tertiary/aromatic N) is 2. The third-order valence-corrected chi connectivity index (χ3v) is 7.19. The largest absolute Gasteiger partial charge is 0.467 e. The maximum Gasteiger partial charge on any atom is 0.243 e. The summed E-state index contributed by atoms with van der Waals surface area (Å²) >= 11 is 0. The van der Waals surface area contributed by atoms with Crippen molar-refractivity contribution in [2.24, 2.45) is 0 Å². The average Bonchev–Trinajstić information content (AvgIpc) is 3.28. The van der Waals surface area contributed by atoms with E-state index in [1.165, 1.54) is 0 Å². The summed E-state index contributed by atoms with van der Waals surface area (Å²) in [6.45, 7) is 1.65. The highest BCUT2D eigenvalue weighted by Gasteiger charge is 2.25. The molecule has 1 saturated heterocycles. The molecule has 0 saturated carbocycles. The lowest BCUT2D eigenvalue weighted by atomic mass is 10.2. The molecule has 1 fully saturated rings. The van der Waals surface area contributed by atoms with Gasteiger partial charge < -0.3 is 14.3 Å². The molecule has 154 valence electrons. The zero-order chi connectivity index (χ0) is 20.3. The highest BCUT2D eigenvalue weighted by molar-refractivity contribution is 7.89. The molecule has 0 radical (unpaired) electrons. The van der Waals surface area contributed by atoms with Gasteiger partial charge in [-0.3, -0.25) is 4.79 Å². The Bertz CT molecular complexity index is 1080. The van der Waals surface area contributed by atoms with Crippen LogP contribution in [0.25, 0.3) is 10.9 Å². The summed E-state index contributed by atoms with van der Waals surface area (Å²) in [6.07, 6.45) is 7.35. The minimum absolute atomic E-state index is 0.139. The van der Waals surface area contributed by atoms with Crippen LogP contribution in [0.1, 0.15) is 31.4 Å². The summed E-state index contributed by atoms with van der Waals surface area (Å²) < 4.78 is 34.6. The van der Waals surface area contributed by atoms with Crippen LogP contribution in [0, 0.1) is 0 Å². The SMILES string of the molecule is O=C(Cn1ccc2cc(S(=O)(=O)N3CCCCCC3)ccc21)NCc1ccco1. The quantitative estimate of drug-likeness (QED) is 0.670. The predicted molar refractivity (Wildman–Crippen MR) is 110 cm³/mol. The van der Waals surface area contributed by atoms with Crippen LogP contribution in [-0.2, 0) is 27.9 Å². The van der Waals surface area contributed by atoms with E-state index in [2.05, 4.69) is 5.32 Å². The predicted octanol–water partition coefficient (Wildman–Crippen LogP) is 3.12. The van der Waals surface area contributed by atoms with Gasteiger partial charge in [0.25, 0.3) is 0 Å². The number of hydrogen-bond acceptors (Lipinski definition) is 4. The van der Waals surface area contributed by atoms with Crippen molar-refractivity contribution in [2.45, 2.75) is 43.7 Å². The molecule has 1 aliphatic heterocycles. The minimum Gasteiger partial charge on any atom is -0.467 e. The van der Waals surface area contributed by atoms with Gasteiger partial charge in [-0.25, -0.2) is 8.42 Å². The molecule has 0 bridgehead atoms. The summed E-state index contributed by atoms with van der Waals surface area (Å²) in [4.78, 5) is 12.6. The van der Waals surface area contributed by atoms with E-state index in [9.17, 15) is 13.2 Å². The fourth-order valence-electron chi connectivity index (χ4n) is 3.72. The van der Waals surface area contributed by atoms with Crippen LogP contribution < -0.4 is 5.32 Å².